The number of methoxy groups -OCH3 is 1. The fourth-order valence-electron chi connectivity index (χ4n) is 11.0. The molecule has 0 aromatic rings. The zero-order chi connectivity index (χ0) is 25.8. The van der Waals surface area contributed by atoms with Crippen molar-refractivity contribution in [3.8, 4) is 0 Å². The molecule has 2 N–H and O–H groups in total. The molecule has 9 atom stereocenters. The minimum atomic E-state index is -0.663. The average molecular weight is 487 g/mol. The van der Waals surface area contributed by atoms with Gasteiger partial charge in [-0.3, -0.25) is 4.79 Å². The van der Waals surface area contributed by atoms with Crippen LogP contribution in [0.3, 0.4) is 0 Å². The molecule has 5 rings (SSSR count). The van der Waals surface area contributed by atoms with Gasteiger partial charge in [0.1, 0.15) is 0 Å². The van der Waals surface area contributed by atoms with E-state index >= 15 is 0 Å². The third kappa shape index (κ3) is 3.14. The second-order valence-corrected chi connectivity index (χ2v) is 15.4. The van der Waals surface area contributed by atoms with E-state index in [9.17, 15) is 15.0 Å². The molecule has 0 amide bonds. The minimum Gasteiger partial charge on any atom is -0.469 e. The van der Waals surface area contributed by atoms with E-state index in [4.69, 9.17) is 4.74 Å². The summed E-state index contributed by atoms with van der Waals surface area (Å²) in [5.41, 5.74) is 1.26. The summed E-state index contributed by atoms with van der Waals surface area (Å²) >= 11 is 0. The first-order chi connectivity index (χ1) is 16.1. The number of ether oxygens (including phenoxy) is 1. The van der Waals surface area contributed by atoms with Crippen molar-refractivity contribution in [2.75, 3.05) is 7.11 Å². The van der Waals surface area contributed by atoms with Gasteiger partial charge < -0.3 is 14.9 Å². The first-order valence-corrected chi connectivity index (χ1v) is 14.2. The van der Waals surface area contributed by atoms with E-state index < -0.39 is 12.2 Å². The third-order valence-corrected chi connectivity index (χ3v) is 13.2. The molecule has 0 radical (unpaired) electrons. The number of carbonyl (C=O) groups excluding carboxylic acids is 1. The maximum absolute atomic E-state index is 13.4. The van der Waals surface area contributed by atoms with Gasteiger partial charge in [-0.05, 0) is 103 Å². The van der Waals surface area contributed by atoms with Crippen LogP contribution in [-0.2, 0) is 9.53 Å². The zero-order valence-corrected chi connectivity index (χ0v) is 23.5. The van der Waals surface area contributed by atoms with Gasteiger partial charge in [0, 0.05) is 0 Å². The van der Waals surface area contributed by atoms with Crippen molar-refractivity contribution in [1.29, 1.82) is 0 Å². The van der Waals surface area contributed by atoms with Crippen LogP contribution in [0.2, 0.25) is 0 Å². The lowest BCUT2D eigenvalue weighted by atomic mass is 9.33. The number of aliphatic hydroxyl groups is 2. The van der Waals surface area contributed by atoms with Crippen molar-refractivity contribution >= 4 is 5.97 Å². The lowest BCUT2D eigenvalue weighted by Gasteiger charge is -2.71. The van der Waals surface area contributed by atoms with Gasteiger partial charge in [-0.25, -0.2) is 0 Å². The molecule has 0 aliphatic heterocycles. The summed E-state index contributed by atoms with van der Waals surface area (Å²) in [6, 6.07) is 0. The third-order valence-electron chi connectivity index (χ3n) is 13.2. The second kappa shape index (κ2) is 7.59. The molecule has 3 unspecified atom stereocenters. The van der Waals surface area contributed by atoms with Crippen LogP contribution in [0.4, 0.5) is 0 Å². The molecule has 198 valence electrons. The highest BCUT2D eigenvalue weighted by molar-refractivity contribution is 5.78. The Kier molecular flexibility index (Phi) is 5.59. The summed E-state index contributed by atoms with van der Waals surface area (Å²) in [5, 5.41) is 21.9. The molecule has 4 heteroatoms. The van der Waals surface area contributed by atoms with Crippen molar-refractivity contribution in [1.82, 2.24) is 0 Å². The average Bonchev–Trinajstić information content (AvgIpc) is 2.77. The maximum Gasteiger partial charge on any atom is 0.312 e. The highest BCUT2D eigenvalue weighted by Crippen LogP contribution is 2.75. The number of aliphatic hydroxyl groups excluding tert-OH is 2. The second-order valence-electron chi connectivity index (χ2n) is 15.4. The van der Waals surface area contributed by atoms with Crippen LogP contribution in [0.1, 0.15) is 106 Å². The largest absolute Gasteiger partial charge is 0.469 e. The molecule has 35 heavy (non-hydrogen) atoms. The van der Waals surface area contributed by atoms with Crippen LogP contribution in [0.5, 0.6) is 0 Å². The predicted molar refractivity (Wildman–Crippen MR) is 138 cm³/mol. The van der Waals surface area contributed by atoms with E-state index in [-0.39, 0.29) is 44.4 Å². The Morgan fingerprint density at radius 2 is 1.57 bits per heavy atom. The Morgan fingerprint density at radius 1 is 0.914 bits per heavy atom. The number of rotatable bonds is 1. The summed E-state index contributed by atoms with van der Waals surface area (Å²) in [5.74, 6) is 1.13. The zero-order valence-electron chi connectivity index (χ0n) is 23.5. The highest BCUT2D eigenvalue weighted by atomic mass is 16.5. The fourth-order valence-corrected chi connectivity index (χ4v) is 11.0. The molecule has 0 heterocycles. The van der Waals surface area contributed by atoms with Gasteiger partial charge in [0.25, 0.3) is 0 Å². The van der Waals surface area contributed by atoms with Gasteiger partial charge in [-0.2, -0.15) is 0 Å². The number of esters is 1. The van der Waals surface area contributed by atoms with Gasteiger partial charge in [0.2, 0.25) is 0 Å². The Bertz CT molecular complexity index is 934. The van der Waals surface area contributed by atoms with E-state index in [1.54, 1.807) is 12.7 Å². The predicted octanol–water partition coefficient (Wildman–Crippen LogP) is 6.29. The molecule has 5 aliphatic rings. The monoisotopic (exact) mass is 486 g/mol. The topological polar surface area (TPSA) is 66.8 Å². The summed E-state index contributed by atoms with van der Waals surface area (Å²) in [7, 11) is 1.57. The Hall–Kier alpha value is -0.870. The van der Waals surface area contributed by atoms with Gasteiger partial charge in [0.05, 0.1) is 24.7 Å². The lowest BCUT2D eigenvalue weighted by molar-refractivity contribution is -0.232. The number of hydrogen-bond acceptors (Lipinski definition) is 4. The quantitative estimate of drug-likeness (QED) is 0.337. The van der Waals surface area contributed by atoms with Gasteiger partial charge in [-0.15, -0.1) is 0 Å². The Balaban J connectivity index is 1.61. The maximum atomic E-state index is 13.4. The van der Waals surface area contributed by atoms with E-state index in [0.717, 1.165) is 51.4 Å². The van der Waals surface area contributed by atoms with Crippen molar-refractivity contribution < 1.29 is 19.7 Å². The SMILES string of the molecule is COC(=O)[C@]12CCC(C)(C)CC1C1=CCC3[C@@]4(C)C[C@@H](O)[C@@H](O)C(C)(C)C4CC[C@@]3(C)[C@]1(C)CC2. The van der Waals surface area contributed by atoms with Gasteiger partial charge >= 0.3 is 5.97 Å². The summed E-state index contributed by atoms with van der Waals surface area (Å²) in [4.78, 5) is 13.4. The van der Waals surface area contributed by atoms with E-state index in [2.05, 4.69) is 54.5 Å². The number of allylic oxidation sites excluding steroid dienone is 2. The van der Waals surface area contributed by atoms with Crippen LogP contribution >= 0.6 is 0 Å². The first-order valence-electron chi connectivity index (χ1n) is 14.2. The number of carbonyl (C=O) groups is 1. The van der Waals surface area contributed by atoms with Crippen LogP contribution in [0, 0.1) is 50.2 Å². The summed E-state index contributed by atoms with van der Waals surface area (Å²) in [6.07, 6.45) is 10.2. The minimum absolute atomic E-state index is 0.00929. The van der Waals surface area contributed by atoms with Gasteiger partial charge in [-0.1, -0.05) is 60.1 Å². The van der Waals surface area contributed by atoms with Crippen LogP contribution in [0.25, 0.3) is 0 Å². The van der Waals surface area contributed by atoms with Crippen LogP contribution < -0.4 is 0 Å². The fraction of sp³-hybridized carbons (Fsp3) is 0.903. The number of hydrogen-bond donors (Lipinski definition) is 2. The Morgan fingerprint density at radius 3 is 2.23 bits per heavy atom. The van der Waals surface area contributed by atoms with Gasteiger partial charge in [0.15, 0.2) is 0 Å². The molecule has 0 aromatic carbocycles. The molecule has 4 nitrogen and oxygen atoms in total. The first kappa shape index (κ1) is 25.8. The normalized spacial score (nSPS) is 52.2. The molecular formula is C31H50O4. The van der Waals surface area contributed by atoms with Crippen LogP contribution in [-0.4, -0.2) is 35.5 Å². The van der Waals surface area contributed by atoms with Crippen molar-refractivity contribution in [3.05, 3.63) is 11.6 Å². The van der Waals surface area contributed by atoms with E-state index in [1.165, 1.54) is 0 Å². The summed E-state index contributed by atoms with van der Waals surface area (Å²) in [6.45, 7) is 16.6. The smallest absolute Gasteiger partial charge is 0.312 e. The molecule has 4 saturated carbocycles. The van der Waals surface area contributed by atoms with E-state index in [0.29, 0.717) is 18.3 Å². The van der Waals surface area contributed by atoms with Crippen molar-refractivity contribution in [3.63, 3.8) is 0 Å². The van der Waals surface area contributed by atoms with Crippen molar-refractivity contribution in [2.24, 2.45) is 50.2 Å². The van der Waals surface area contributed by atoms with Crippen LogP contribution in [0.15, 0.2) is 11.6 Å². The van der Waals surface area contributed by atoms with E-state index in [1.807, 2.05) is 0 Å². The molecule has 0 bridgehead atoms. The van der Waals surface area contributed by atoms with Crippen molar-refractivity contribution in [2.45, 2.75) is 118 Å². The summed E-state index contributed by atoms with van der Waals surface area (Å²) < 4.78 is 5.48. The Labute approximate surface area is 213 Å². The molecule has 5 aliphatic carbocycles. The molecule has 0 aromatic heterocycles. The molecule has 0 saturated heterocycles. The lowest BCUT2D eigenvalue weighted by Crippen LogP contribution is -2.67. The standard InChI is InChI=1S/C31H50O4/c1-26(2)13-15-31(25(34)35-8)16-14-29(6)19(20(31)17-26)9-10-23-28(5)18-21(32)24(33)27(3,4)22(28)11-12-30(23,29)7/h9,20-24,32-33H,10-18H2,1-8H3/t20?,21-,22?,23?,24-,28+,29-,30-,31+/m1/s1. The molecule has 0 spiro atoms. The number of fused-ring (bicyclic) bond motifs is 7. The molecule has 4 fully saturated rings. The molecular weight excluding hydrogens is 436 g/mol. The highest BCUT2D eigenvalue weighted by Gasteiger charge is 2.70.